The van der Waals surface area contributed by atoms with Crippen molar-refractivity contribution in [3.63, 3.8) is 0 Å². The average Bonchev–Trinajstić information content (AvgIpc) is 1.54. The third kappa shape index (κ3) is 16.0. The van der Waals surface area contributed by atoms with Gasteiger partial charge in [0.25, 0.3) is 0 Å². The SMILES string of the molecule is CCc1ccc(C2(c3ccc(Cc4ccc(C(=O)c5ccc(C)cc5)cc4)c(-c4ccccc4)c3)c3ccccc3-c3ccccc32)cc1-c1ccccc1.COc1ccc(C2(c3ccc(Oc4ccc(C(=O)c5ccc(C)c(S(=O)(=O)[O-])c5)cc4SOO[O-])c(-c4ccccc4)c3)c3ccccc3-c3ccccc32)cc1-c1ccccc1.[Na+].[Na+]. The molecule has 2 aliphatic rings. The predicted octanol–water partition coefficient (Wildman–Crippen LogP) is 17.9. The monoisotopic (exact) mass is 1620 g/mol. The van der Waals surface area contributed by atoms with Crippen LogP contribution in [-0.2, 0) is 43.2 Å². The summed E-state index contributed by atoms with van der Waals surface area (Å²) in [6.45, 7) is 5.76. The molecule has 0 aliphatic heterocycles. The minimum Gasteiger partial charge on any atom is -0.744 e. The summed E-state index contributed by atoms with van der Waals surface area (Å²) in [5, 5.41) is 14.8. The Kier molecular flexibility index (Phi) is 25.3. The minimum atomic E-state index is -4.84. The third-order valence-corrected chi connectivity index (χ3v) is 24.6. The number of ketones is 2. The summed E-state index contributed by atoms with van der Waals surface area (Å²) in [5.41, 5.74) is 28.0. The first-order valence-electron chi connectivity index (χ1n) is 39.1. The Hall–Kier alpha value is -11.4. The van der Waals surface area contributed by atoms with E-state index in [0.717, 1.165) is 85.9 Å². The summed E-state index contributed by atoms with van der Waals surface area (Å²) in [4.78, 5) is 26.7. The standard InChI is InChI=1S/C54H42O.C52H38O9S2.2Na/c1-3-39-30-32-45(35-49(39)40-14-6-4-7-15-40)54(51-20-12-10-18-47(51)48-19-11-13-21-52(48)54)46-33-31-44(50(36-46)41-16-8-5-9-17-41)34-38-24-28-43(29-25-38)53(55)42-26-22-37(2)23-27-42;1-33-21-22-37(30-50(33)63(55,56)57)51(53)36-23-26-48(49(29-36)62-61-60-54)59-47-28-25-39(32-43(47)35-15-7-4-8-16-35)52(44-19-11-9-17-40(44)41-18-10-12-20-45(41)52)38-24-27-46(58-2)42(31-38)34-13-5-3-6-14-34;;/h4-33,35-36H,3,34H2,1-2H3;3-32,54H,1-2H3,(H,55,56,57);;/q;;2*+1/p-2. The molecule has 0 spiro atoms. The van der Waals surface area contributed by atoms with Gasteiger partial charge < -0.3 is 19.3 Å². The van der Waals surface area contributed by atoms with Crippen molar-refractivity contribution in [1.29, 1.82) is 0 Å². The van der Waals surface area contributed by atoms with Crippen molar-refractivity contribution in [1.82, 2.24) is 0 Å². The van der Waals surface area contributed by atoms with Crippen molar-refractivity contribution in [2.24, 2.45) is 0 Å². The van der Waals surface area contributed by atoms with Gasteiger partial charge in [-0.2, -0.15) is 4.33 Å². The van der Waals surface area contributed by atoms with E-state index in [4.69, 9.17) is 13.8 Å². The number of carbonyl (C=O) groups is 2. The molecule has 0 aromatic heterocycles. The maximum Gasteiger partial charge on any atom is 1.00 e. The van der Waals surface area contributed by atoms with Gasteiger partial charge in [0.1, 0.15) is 27.4 Å². The molecule has 0 radical (unpaired) electrons. The molecular formula is C106H78Na2O10S2. The largest absolute Gasteiger partial charge is 1.00 e. The van der Waals surface area contributed by atoms with Gasteiger partial charge in [0.15, 0.2) is 11.6 Å². The van der Waals surface area contributed by atoms with Gasteiger partial charge in [-0.1, -0.05) is 328 Å². The molecule has 0 heterocycles. The van der Waals surface area contributed by atoms with E-state index in [-0.39, 0.29) is 92.2 Å². The molecule has 16 aromatic carbocycles. The molecule has 2 aliphatic carbocycles. The van der Waals surface area contributed by atoms with E-state index < -0.39 is 31.6 Å². The summed E-state index contributed by atoms with van der Waals surface area (Å²) in [6.07, 6.45) is 1.70. The second kappa shape index (κ2) is 36.3. The van der Waals surface area contributed by atoms with Crippen LogP contribution in [0.25, 0.3) is 66.8 Å². The van der Waals surface area contributed by atoms with E-state index in [9.17, 15) is 27.8 Å². The van der Waals surface area contributed by atoms with Gasteiger partial charge >= 0.3 is 59.1 Å². The number of ether oxygens (including phenoxy) is 2. The summed E-state index contributed by atoms with van der Waals surface area (Å²) in [7, 11) is -3.16. The van der Waals surface area contributed by atoms with E-state index in [1.165, 1.54) is 104 Å². The number of fused-ring (bicyclic) bond motifs is 6. The van der Waals surface area contributed by atoms with Crippen molar-refractivity contribution in [3.05, 3.63) is 471 Å². The van der Waals surface area contributed by atoms with Crippen molar-refractivity contribution in [2.75, 3.05) is 7.11 Å². The smallest absolute Gasteiger partial charge is 0.744 e. The Bertz CT molecular complexity index is 6510. The van der Waals surface area contributed by atoms with Crippen molar-refractivity contribution >= 4 is 33.7 Å². The molecule has 0 amide bonds. The number of carbonyl (C=O) groups excluding carboxylic acids is 2. The fourth-order valence-corrected chi connectivity index (χ4v) is 18.6. The molecule has 10 nitrogen and oxygen atoms in total. The first-order valence-corrected chi connectivity index (χ1v) is 41.3. The van der Waals surface area contributed by atoms with Crippen LogP contribution in [0.3, 0.4) is 0 Å². The fraction of sp³-hybridized carbons (Fsp3) is 0.0755. The van der Waals surface area contributed by atoms with Crippen LogP contribution >= 0.6 is 12.0 Å². The maximum atomic E-state index is 13.7. The zero-order valence-corrected chi connectivity index (χ0v) is 72.7. The van der Waals surface area contributed by atoms with Crippen LogP contribution in [0.4, 0.5) is 0 Å². The van der Waals surface area contributed by atoms with E-state index in [0.29, 0.717) is 28.9 Å². The predicted molar refractivity (Wildman–Crippen MR) is 466 cm³/mol. The molecule has 0 saturated heterocycles. The Morgan fingerprint density at radius 1 is 0.367 bits per heavy atom. The number of benzene rings is 16. The molecule has 0 N–H and O–H groups in total. The van der Waals surface area contributed by atoms with Gasteiger partial charge in [0.2, 0.25) is 0 Å². The molecule has 576 valence electrons. The van der Waals surface area contributed by atoms with Crippen molar-refractivity contribution in [3.8, 4) is 84.0 Å². The first kappa shape index (κ1) is 83.7. The summed E-state index contributed by atoms with van der Waals surface area (Å²) in [5.74, 6) is 0.930. The summed E-state index contributed by atoms with van der Waals surface area (Å²) < 4.78 is 53.2. The summed E-state index contributed by atoms with van der Waals surface area (Å²) in [6, 6.07) is 128. The Morgan fingerprint density at radius 3 is 1.18 bits per heavy atom. The van der Waals surface area contributed by atoms with Crippen LogP contribution in [0.15, 0.2) is 386 Å². The van der Waals surface area contributed by atoms with E-state index >= 15 is 0 Å². The Morgan fingerprint density at radius 2 is 0.725 bits per heavy atom. The molecule has 0 fully saturated rings. The van der Waals surface area contributed by atoms with Gasteiger partial charge in [0, 0.05) is 33.4 Å². The van der Waals surface area contributed by atoms with Crippen LogP contribution in [0, 0.1) is 13.8 Å². The second-order valence-electron chi connectivity index (χ2n) is 29.7. The molecule has 18 rings (SSSR count). The average molecular weight is 1620 g/mol. The van der Waals surface area contributed by atoms with Gasteiger partial charge in [0.05, 0.1) is 39.8 Å². The topological polar surface area (TPSA) is 151 Å². The Labute approximate surface area is 748 Å². The molecule has 0 bridgehead atoms. The molecule has 0 atom stereocenters. The van der Waals surface area contributed by atoms with Gasteiger partial charge in [-0.05, 0) is 210 Å². The third-order valence-electron chi connectivity index (χ3n) is 23.0. The molecular weight excluding hydrogens is 1540 g/mol. The normalized spacial score (nSPS) is 12.4. The van der Waals surface area contributed by atoms with Gasteiger partial charge in [-0.3, -0.25) is 14.6 Å². The quantitative estimate of drug-likeness (QED) is 0.0159. The number of aryl methyl sites for hydroxylation is 3. The minimum absolute atomic E-state index is 0. The zero-order chi connectivity index (χ0) is 81.1. The summed E-state index contributed by atoms with van der Waals surface area (Å²) >= 11 is 0.544. The van der Waals surface area contributed by atoms with Crippen LogP contribution in [-0.4, -0.2) is 31.6 Å². The second-order valence-corrected chi connectivity index (χ2v) is 31.8. The van der Waals surface area contributed by atoms with E-state index in [1.54, 1.807) is 13.2 Å². The molecule has 16 aromatic rings. The number of hydrogen-bond donors (Lipinski definition) is 0. The van der Waals surface area contributed by atoms with Crippen LogP contribution in [0.2, 0.25) is 0 Å². The zero-order valence-electron chi connectivity index (χ0n) is 67.1. The molecule has 14 heteroatoms. The van der Waals surface area contributed by atoms with E-state index in [2.05, 4.69) is 255 Å². The van der Waals surface area contributed by atoms with Crippen molar-refractivity contribution in [2.45, 2.75) is 54.2 Å². The maximum absolute atomic E-state index is 13.7. The number of methoxy groups -OCH3 is 1. The molecule has 0 unspecified atom stereocenters. The number of rotatable bonds is 22. The van der Waals surface area contributed by atoms with Gasteiger partial charge in [-0.25, -0.2) is 8.42 Å². The van der Waals surface area contributed by atoms with Crippen LogP contribution < -0.4 is 73.8 Å². The Balaban J connectivity index is 0.000000185. The molecule has 0 saturated carbocycles. The first-order chi connectivity index (χ1) is 57.6. The molecule has 120 heavy (non-hydrogen) atoms. The van der Waals surface area contributed by atoms with Crippen LogP contribution in [0.5, 0.6) is 17.2 Å². The van der Waals surface area contributed by atoms with Gasteiger partial charge in [-0.15, -0.1) is 0 Å². The van der Waals surface area contributed by atoms with Crippen LogP contribution in [0.1, 0.15) is 111 Å². The number of hydrogen-bond acceptors (Lipinski definition) is 11. The van der Waals surface area contributed by atoms with E-state index in [1.807, 2.05) is 104 Å². The van der Waals surface area contributed by atoms with Crippen molar-refractivity contribution < 1.29 is 106 Å². The fourth-order valence-electron chi connectivity index (χ4n) is 17.4.